The zero-order valence-corrected chi connectivity index (χ0v) is 10.3. The van der Waals surface area contributed by atoms with Gasteiger partial charge in [-0.25, -0.2) is 4.39 Å². The third-order valence-corrected chi connectivity index (χ3v) is 3.01. The zero-order chi connectivity index (χ0) is 11.3. The molecule has 0 aliphatic rings. The molecule has 1 aromatic rings. The molecule has 0 fully saturated rings. The van der Waals surface area contributed by atoms with Gasteiger partial charge in [0.15, 0.2) is 0 Å². The average molecular weight is 227 g/mol. The van der Waals surface area contributed by atoms with Crippen LogP contribution in [0, 0.1) is 0 Å². The van der Waals surface area contributed by atoms with Crippen LogP contribution in [-0.2, 0) is 0 Å². The number of nitrogens with one attached hydrogen (secondary N) is 1. The minimum Gasteiger partial charge on any atom is -0.317 e. The maximum atomic E-state index is 13.5. The lowest BCUT2D eigenvalue weighted by molar-refractivity contribution is 0.335. The molecule has 0 aliphatic carbocycles. The Bertz CT molecular complexity index is 284. The molecular formula is C12H18FNS. The number of likely N-dealkylation sites (N-methyl/N-ethyl adjacent to an activating group) is 1. The summed E-state index contributed by atoms with van der Waals surface area (Å²) in [5.74, 6) is 0. The Hall–Kier alpha value is -0.540. The molecule has 0 amide bonds. The van der Waals surface area contributed by atoms with Crippen LogP contribution in [0.1, 0.15) is 25.6 Å². The van der Waals surface area contributed by atoms with Crippen LogP contribution in [0.5, 0.6) is 0 Å². The van der Waals surface area contributed by atoms with E-state index in [1.807, 2.05) is 24.3 Å². The second-order valence-electron chi connectivity index (χ2n) is 3.76. The Balaban J connectivity index is 2.63. The summed E-state index contributed by atoms with van der Waals surface area (Å²) < 4.78 is 13.5. The minimum atomic E-state index is -0.909. The summed E-state index contributed by atoms with van der Waals surface area (Å²) in [7, 11) is 1.76. The van der Waals surface area contributed by atoms with Gasteiger partial charge in [0, 0.05) is 16.7 Å². The maximum Gasteiger partial charge on any atom is 0.137 e. The molecule has 15 heavy (non-hydrogen) atoms. The fourth-order valence-corrected chi connectivity index (χ4v) is 2.16. The van der Waals surface area contributed by atoms with Gasteiger partial charge in [-0.15, -0.1) is 11.8 Å². The summed E-state index contributed by atoms with van der Waals surface area (Å²) in [5.41, 5.74) is 0.748. The van der Waals surface area contributed by atoms with Crippen molar-refractivity contribution in [2.45, 2.75) is 30.2 Å². The van der Waals surface area contributed by atoms with Crippen molar-refractivity contribution in [1.29, 1.82) is 0 Å². The van der Waals surface area contributed by atoms with Gasteiger partial charge in [0.05, 0.1) is 0 Å². The predicted octanol–water partition coefficient (Wildman–Crippen LogP) is 3.42. The summed E-state index contributed by atoms with van der Waals surface area (Å²) in [6.07, 6.45) is -0.909. The quantitative estimate of drug-likeness (QED) is 0.774. The van der Waals surface area contributed by atoms with Crippen molar-refractivity contribution in [2.24, 2.45) is 0 Å². The van der Waals surface area contributed by atoms with Crippen molar-refractivity contribution in [1.82, 2.24) is 5.32 Å². The van der Waals surface area contributed by atoms with Crippen molar-refractivity contribution >= 4 is 11.8 Å². The van der Waals surface area contributed by atoms with Crippen LogP contribution < -0.4 is 5.32 Å². The lowest BCUT2D eigenvalue weighted by Gasteiger charge is -2.09. The fraction of sp³-hybridized carbons (Fsp3) is 0.500. The van der Waals surface area contributed by atoms with E-state index in [0.29, 0.717) is 11.8 Å². The largest absolute Gasteiger partial charge is 0.317 e. The zero-order valence-electron chi connectivity index (χ0n) is 9.46. The third kappa shape index (κ3) is 4.22. The van der Waals surface area contributed by atoms with Crippen molar-refractivity contribution in [3.63, 3.8) is 0 Å². The van der Waals surface area contributed by atoms with Crippen LogP contribution in [0.2, 0.25) is 0 Å². The van der Waals surface area contributed by atoms with Crippen LogP contribution in [0.3, 0.4) is 0 Å². The van der Waals surface area contributed by atoms with E-state index in [0.717, 1.165) is 5.56 Å². The van der Waals surface area contributed by atoms with Crippen LogP contribution in [0.25, 0.3) is 0 Å². The van der Waals surface area contributed by atoms with Gasteiger partial charge in [0.2, 0.25) is 0 Å². The molecule has 3 heteroatoms. The molecule has 1 atom stereocenters. The Morgan fingerprint density at radius 2 is 1.87 bits per heavy atom. The van der Waals surface area contributed by atoms with Crippen LogP contribution in [0.4, 0.5) is 4.39 Å². The first-order chi connectivity index (χ1) is 7.13. The molecule has 0 saturated heterocycles. The highest BCUT2D eigenvalue weighted by molar-refractivity contribution is 7.99. The molecule has 84 valence electrons. The van der Waals surface area contributed by atoms with Gasteiger partial charge in [-0.2, -0.15) is 0 Å². The number of thioether (sulfide) groups is 1. The Labute approximate surface area is 95.5 Å². The summed E-state index contributed by atoms with van der Waals surface area (Å²) in [5, 5.41) is 3.40. The van der Waals surface area contributed by atoms with Gasteiger partial charge < -0.3 is 5.32 Å². The molecule has 0 heterocycles. The van der Waals surface area contributed by atoms with E-state index in [1.165, 1.54) is 4.90 Å². The maximum absolute atomic E-state index is 13.5. The highest BCUT2D eigenvalue weighted by atomic mass is 32.2. The second kappa shape index (κ2) is 6.13. The average Bonchev–Trinajstić information content (AvgIpc) is 2.18. The number of hydrogen-bond donors (Lipinski definition) is 1. The van der Waals surface area contributed by atoms with Gasteiger partial charge in [0.25, 0.3) is 0 Å². The number of halogens is 1. The van der Waals surface area contributed by atoms with Crippen LogP contribution in [0.15, 0.2) is 29.2 Å². The summed E-state index contributed by atoms with van der Waals surface area (Å²) >= 11 is 1.79. The first kappa shape index (κ1) is 12.5. The van der Waals surface area contributed by atoms with Crippen LogP contribution in [-0.4, -0.2) is 18.8 Å². The summed E-state index contributed by atoms with van der Waals surface area (Å²) in [6.45, 7) is 4.67. The van der Waals surface area contributed by atoms with Crippen LogP contribution >= 0.6 is 11.8 Å². The van der Waals surface area contributed by atoms with E-state index < -0.39 is 6.17 Å². The van der Waals surface area contributed by atoms with Gasteiger partial charge in [0.1, 0.15) is 6.17 Å². The van der Waals surface area contributed by atoms with Crippen molar-refractivity contribution in [3.8, 4) is 0 Å². The normalized spacial score (nSPS) is 13.1. The minimum absolute atomic E-state index is 0.372. The monoisotopic (exact) mass is 227 g/mol. The molecule has 0 aliphatic heterocycles. The first-order valence-corrected chi connectivity index (χ1v) is 6.06. The summed E-state index contributed by atoms with van der Waals surface area (Å²) in [6, 6.07) is 7.71. The molecule has 1 rings (SSSR count). The summed E-state index contributed by atoms with van der Waals surface area (Å²) in [4.78, 5) is 1.20. The Kier molecular flexibility index (Phi) is 5.12. The predicted molar refractivity (Wildman–Crippen MR) is 65.2 cm³/mol. The van der Waals surface area contributed by atoms with E-state index in [9.17, 15) is 4.39 Å². The first-order valence-electron chi connectivity index (χ1n) is 5.18. The Morgan fingerprint density at radius 3 is 2.33 bits per heavy atom. The standard InChI is InChI=1S/C12H18FNS/c1-9(2)15-11-6-4-10(5-7-11)12(13)8-14-3/h4-7,9,12,14H,8H2,1-3H3. The molecule has 1 unspecified atom stereocenters. The van der Waals surface area contributed by atoms with Crippen molar-refractivity contribution in [2.75, 3.05) is 13.6 Å². The number of rotatable bonds is 5. The third-order valence-electron chi connectivity index (χ3n) is 2.00. The molecule has 0 spiro atoms. The van der Waals surface area contributed by atoms with Gasteiger partial charge in [-0.05, 0) is 24.7 Å². The van der Waals surface area contributed by atoms with E-state index >= 15 is 0 Å². The molecule has 1 nitrogen and oxygen atoms in total. The lowest BCUT2D eigenvalue weighted by atomic mass is 10.1. The van der Waals surface area contributed by atoms with E-state index in [4.69, 9.17) is 0 Å². The van der Waals surface area contributed by atoms with Gasteiger partial charge in [-0.3, -0.25) is 0 Å². The smallest absolute Gasteiger partial charge is 0.137 e. The number of benzene rings is 1. The van der Waals surface area contributed by atoms with Crippen molar-refractivity contribution in [3.05, 3.63) is 29.8 Å². The molecular weight excluding hydrogens is 209 g/mol. The second-order valence-corrected chi connectivity index (χ2v) is 5.41. The topological polar surface area (TPSA) is 12.0 Å². The van der Waals surface area contributed by atoms with E-state index in [1.54, 1.807) is 18.8 Å². The van der Waals surface area contributed by atoms with Gasteiger partial charge in [-0.1, -0.05) is 26.0 Å². The number of hydrogen-bond acceptors (Lipinski definition) is 2. The number of alkyl halides is 1. The molecule has 1 N–H and O–H groups in total. The molecule has 0 saturated carbocycles. The molecule has 0 radical (unpaired) electrons. The molecule has 0 aromatic heterocycles. The Morgan fingerprint density at radius 1 is 1.27 bits per heavy atom. The van der Waals surface area contributed by atoms with E-state index in [2.05, 4.69) is 19.2 Å². The molecule has 0 bridgehead atoms. The van der Waals surface area contributed by atoms with Gasteiger partial charge >= 0.3 is 0 Å². The SMILES string of the molecule is CNCC(F)c1ccc(SC(C)C)cc1. The van der Waals surface area contributed by atoms with Crippen molar-refractivity contribution < 1.29 is 4.39 Å². The highest BCUT2D eigenvalue weighted by Gasteiger charge is 2.08. The highest BCUT2D eigenvalue weighted by Crippen LogP contribution is 2.25. The lowest BCUT2D eigenvalue weighted by Crippen LogP contribution is -2.13. The fourth-order valence-electron chi connectivity index (χ4n) is 1.32. The molecule has 1 aromatic carbocycles. The van der Waals surface area contributed by atoms with E-state index in [-0.39, 0.29) is 0 Å².